The molecule has 1 aliphatic rings. The average Bonchev–Trinajstić information content (AvgIpc) is 2.79. The van der Waals surface area contributed by atoms with Crippen LogP contribution in [0.3, 0.4) is 0 Å². The Morgan fingerprint density at radius 2 is 1.76 bits per heavy atom. The monoisotopic (exact) mass is 254 g/mol. The van der Waals surface area contributed by atoms with Crippen molar-refractivity contribution in [3.05, 3.63) is 35.9 Å². The summed E-state index contributed by atoms with van der Waals surface area (Å²) >= 11 is 0. The molecule has 0 saturated heterocycles. The zero-order chi connectivity index (χ0) is 12.4. The Bertz CT molecular complexity index is 459. The lowest BCUT2D eigenvalue weighted by Crippen LogP contribution is -2.30. The summed E-state index contributed by atoms with van der Waals surface area (Å²) in [5.41, 5.74) is 0.366. The van der Waals surface area contributed by atoms with Gasteiger partial charge >= 0.3 is 0 Å². The van der Waals surface area contributed by atoms with E-state index in [2.05, 4.69) is 0 Å². The molecule has 0 atom stereocenters. The highest BCUT2D eigenvalue weighted by atomic mass is 32.2. The van der Waals surface area contributed by atoms with E-state index >= 15 is 0 Å². The molecule has 0 aliphatic heterocycles. The van der Waals surface area contributed by atoms with Gasteiger partial charge in [-0.05, 0) is 25.3 Å². The number of benzene rings is 1. The molecule has 2 rings (SSSR count). The summed E-state index contributed by atoms with van der Waals surface area (Å²) in [6, 6.07) is 9.70. The van der Waals surface area contributed by atoms with Gasteiger partial charge in [0.1, 0.15) is 5.60 Å². The molecular weight excluding hydrogens is 236 g/mol. The Morgan fingerprint density at radius 1 is 1.18 bits per heavy atom. The largest absolute Gasteiger partial charge is 0.267 e. The molecule has 1 aromatic carbocycles. The third kappa shape index (κ3) is 2.69. The van der Waals surface area contributed by atoms with Gasteiger partial charge in [0.15, 0.2) is 0 Å². The van der Waals surface area contributed by atoms with E-state index in [1.807, 2.05) is 30.3 Å². The summed E-state index contributed by atoms with van der Waals surface area (Å²) in [6.45, 7) is 1.61. The minimum atomic E-state index is -3.41. The summed E-state index contributed by atoms with van der Waals surface area (Å²) in [5.74, 6) is 0.0293. The predicted molar refractivity (Wildman–Crippen MR) is 67.1 cm³/mol. The molecule has 0 spiro atoms. The Morgan fingerprint density at radius 3 is 2.29 bits per heavy atom. The van der Waals surface area contributed by atoms with Crippen molar-refractivity contribution in [2.45, 2.75) is 38.2 Å². The lowest BCUT2D eigenvalue weighted by molar-refractivity contribution is 0.0826. The van der Waals surface area contributed by atoms with Crippen molar-refractivity contribution in [1.82, 2.24) is 0 Å². The van der Waals surface area contributed by atoms with Gasteiger partial charge in [-0.1, -0.05) is 43.2 Å². The van der Waals surface area contributed by atoms with E-state index in [9.17, 15) is 8.42 Å². The van der Waals surface area contributed by atoms with Crippen molar-refractivity contribution < 1.29 is 12.6 Å². The zero-order valence-electron chi connectivity index (χ0n) is 10.1. The van der Waals surface area contributed by atoms with Crippen LogP contribution in [0.4, 0.5) is 0 Å². The standard InChI is InChI=1S/C13H18O3S/c1-2-17(14,15)16-13(10-6-7-11-13)12-8-4-3-5-9-12/h3-5,8-9H,2,6-7,10-11H2,1H3. The molecule has 0 amide bonds. The van der Waals surface area contributed by atoms with Crippen LogP contribution in [0.1, 0.15) is 38.2 Å². The van der Waals surface area contributed by atoms with E-state index < -0.39 is 15.7 Å². The molecule has 0 bridgehead atoms. The molecule has 1 aliphatic carbocycles. The molecule has 0 radical (unpaired) electrons. The van der Waals surface area contributed by atoms with Gasteiger partial charge in [0.25, 0.3) is 10.1 Å². The minimum Gasteiger partial charge on any atom is -0.259 e. The third-order valence-electron chi connectivity index (χ3n) is 3.35. The van der Waals surface area contributed by atoms with Gasteiger partial charge in [-0.2, -0.15) is 8.42 Å². The molecular formula is C13H18O3S. The van der Waals surface area contributed by atoms with Gasteiger partial charge in [-0.3, -0.25) is 4.18 Å². The maximum Gasteiger partial charge on any atom is 0.267 e. The SMILES string of the molecule is CCS(=O)(=O)OC1(c2ccccc2)CCCC1. The van der Waals surface area contributed by atoms with Crippen LogP contribution in [0, 0.1) is 0 Å². The molecule has 0 N–H and O–H groups in total. The molecule has 17 heavy (non-hydrogen) atoms. The Hall–Kier alpha value is -0.870. The first-order valence-corrected chi connectivity index (χ1v) is 7.65. The fraction of sp³-hybridized carbons (Fsp3) is 0.538. The maximum absolute atomic E-state index is 11.7. The minimum absolute atomic E-state index is 0.0293. The molecule has 1 saturated carbocycles. The summed E-state index contributed by atoms with van der Waals surface area (Å²) in [4.78, 5) is 0. The van der Waals surface area contributed by atoms with E-state index in [-0.39, 0.29) is 5.75 Å². The molecule has 1 fully saturated rings. The van der Waals surface area contributed by atoms with Crippen LogP contribution >= 0.6 is 0 Å². The molecule has 4 heteroatoms. The summed E-state index contributed by atoms with van der Waals surface area (Å²) in [6.07, 6.45) is 3.62. The highest BCUT2D eigenvalue weighted by molar-refractivity contribution is 7.86. The molecule has 1 aromatic rings. The van der Waals surface area contributed by atoms with E-state index in [0.29, 0.717) is 0 Å². The van der Waals surface area contributed by atoms with Gasteiger partial charge in [0, 0.05) is 0 Å². The second-order valence-corrected chi connectivity index (χ2v) is 6.36. The summed E-state index contributed by atoms with van der Waals surface area (Å²) in [7, 11) is -3.41. The van der Waals surface area contributed by atoms with E-state index in [1.165, 1.54) is 0 Å². The maximum atomic E-state index is 11.7. The lowest BCUT2D eigenvalue weighted by Gasteiger charge is -2.28. The molecule has 0 aromatic heterocycles. The first kappa shape index (κ1) is 12.6. The van der Waals surface area contributed by atoms with Crippen molar-refractivity contribution in [3.63, 3.8) is 0 Å². The van der Waals surface area contributed by atoms with Crippen LogP contribution in [0.15, 0.2) is 30.3 Å². The third-order valence-corrected chi connectivity index (χ3v) is 4.63. The van der Waals surface area contributed by atoms with Crippen molar-refractivity contribution >= 4 is 10.1 Å². The van der Waals surface area contributed by atoms with Crippen LogP contribution in [0.25, 0.3) is 0 Å². The van der Waals surface area contributed by atoms with E-state index in [4.69, 9.17) is 4.18 Å². The van der Waals surface area contributed by atoms with Crippen molar-refractivity contribution in [2.75, 3.05) is 5.75 Å². The van der Waals surface area contributed by atoms with Crippen molar-refractivity contribution in [3.8, 4) is 0 Å². The highest BCUT2D eigenvalue weighted by Crippen LogP contribution is 2.43. The topological polar surface area (TPSA) is 43.4 Å². The first-order chi connectivity index (χ1) is 8.08. The fourth-order valence-electron chi connectivity index (χ4n) is 2.41. The molecule has 0 heterocycles. The highest BCUT2D eigenvalue weighted by Gasteiger charge is 2.40. The smallest absolute Gasteiger partial charge is 0.259 e. The van der Waals surface area contributed by atoms with Crippen molar-refractivity contribution in [2.24, 2.45) is 0 Å². The van der Waals surface area contributed by atoms with E-state index in [0.717, 1.165) is 31.2 Å². The predicted octanol–water partition coefficient (Wildman–Crippen LogP) is 2.82. The Balaban J connectivity index is 2.34. The normalized spacial score (nSPS) is 19.4. The second-order valence-electron chi connectivity index (χ2n) is 4.50. The van der Waals surface area contributed by atoms with Gasteiger partial charge < -0.3 is 0 Å². The van der Waals surface area contributed by atoms with Crippen LogP contribution in [-0.2, 0) is 19.9 Å². The number of rotatable bonds is 4. The quantitative estimate of drug-likeness (QED) is 0.776. The Labute approximate surface area is 103 Å². The van der Waals surface area contributed by atoms with Crippen LogP contribution in [0.5, 0.6) is 0 Å². The summed E-state index contributed by atoms with van der Waals surface area (Å²) < 4.78 is 28.9. The first-order valence-electron chi connectivity index (χ1n) is 6.07. The average molecular weight is 254 g/mol. The van der Waals surface area contributed by atoms with Gasteiger partial charge in [-0.25, -0.2) is 0 Å². The number of hydrogen-bond acceptors (Lipinski definition) is 3. The van der Waals surface area contributed by atoms with Gasteiger partial charge in [-0.15, -0.1) is 0 Å². The summed E-state index contributed by atoms with van der Waals surface area (Å²) in [5, 5.41) is 0. The van der Waals surface area contributed by atoms with Crippen LogP contribution in [-0.4, -0.2) is 14.2 Å². The molecule has 94 valence electrons. The molecule has 3 nitrogen and oxygen atoms in total. The van der Waals surface area contributed by atoms with E-state index in [1.54, 1.807) is 6.92 Å². The second kappa shape index (κ2) is 4.78. The van der Waals surface area contributed by atoms with Crippen molar-refractivity contribution in [1.29, 1.82) is 0 Å². The van der Waals surface area contributed by atoms with Gasteiger partial charge in [0.2, 0.25) is 0 Å². The van der Waals surface area contributed by atoms with Crippen LogP contribution in [0.2, 0.25) is 0 Å². The van der Waals surface area contributed by atoms with Gasteiger partial charge in [0.05, 0.1) is 5.75 Å². The van der Waals surface area contributed by atoms with Crippen LogP contribution < -0.4 is 0 Å². The fourth-order valence-corrected chi connectivity index (χ4v) is 3.28. The Kier molecular flexibility index (Phi) is 3.54. The zero-order valence-corrected chi connectivity index (χ0v) is 10.9. The lowest BCUT2D eigenvalue weighted by atomic mass is 9.92. The number of hydrogen-bond donors (Lipinski definition) is 0. The molecule has 0 unspecified atom stereocenters.